The summed E-state index contributed by atoms with van der Waals surface area (Å²) in [6.45, 7) is 0.901. The van der Waals surface area contributed by atoms with Gasteiger partial charge in [-0.25, -0.2) is 0 Å². The van der Waals surface area contributed by atoms with E-state index in [-0.39, 0.29) is 6.61 Å². The highest BCUT2D eigenvalue weighted by molar-refractivity contribution is 6.30. The fraction of sp³-hybridized carbons (Fsp3) is 0.500. The van der Waals surface area contributed by atoms with Crippen LogP contribution < -0.4 is 10.5 Å². The van der Waals surface area contributed by atoms with Gasteiger partial charge in [0.25, 0.3) is 0 Å². The minimum atomic E-state index is 0.266. The second-order valence-electron chi connectivity index (χ2n) is 3.67. The Morgan fingerprint density at radius 1 is 1.19 bits per heavy atom. The van der Waals surface area contributed by atoms with E-state index < -0.39 is 0 Å². The van der Waals surface area contributed by atoms with Crippen LogP contribution in [0.15, 0.2) is 18.2 Å². The third kappa shape index (κ3) is 4.73. The van der Waals surface area contributed by atoms with Crippen molar-refractivity contribution in [2.75, 3.05) is 18.9 Å². The van der Waals surface area contributed by atoms with E-state index in [4.69, 9.17) is 27.2 Å². The third-order valence-corrected chi connectivity index (χ3v) is 2.52. The molecular weight excluding hydrogens is 226 g/mol. The average molecular weight is 244 g/mol. The SMILES string of the molecule is Nc1ccc(Cl)cc1OCCCCCCO. The summed E-state index contributed by atoms with van der Waals surface area (Å²) in [4.78, 5) is 0. The van der Waals surface area contributed by atoms with Crippen LogP contribution in [0.5, 0.6) is 5.75 Å². The first kappa shape index (κ1) is 13.1. The molecule has 1 aromatic rings. The molecule has 0 radical (unpaired) electrons. The Balaban J connectivity index is 2.23. The molecule has 0 saturated heterocycles. The molecule has 0 heterocycles. The van der Waals surface area contributed by atoms with Crippen LogP contribution >= 0.6 is 11.6 Å². The standard InChI is InChI=1S/C12H18ClNO2/c13-10-5-6-11(14)12(9-10)16-8-4-2-1-3-7-15/h5-6,9,15H,1-4,7-8,14H2. The largest absolute Gasteiger partial charge is 0.491 e. The molecule has 0 atom stereocenters. The molecule has 0 amide bonds. The van der Waals surface area contributed by atoms with Gasteiger partial charge in [0.05, 0.1) is 12.3 Å². The molecule has 0 fully saturated rings. The summed E-state index contributed by atoms with van der Waals surface area (Å²) < 4.78 is 5.53. The third-order valence-electron chi connectivity index (χ3n) is 2.29. The highest BCUT2D eigenvalue weighted by Gasteiger charge is 2.00. The van der Waals surface area contributed by atoms with Crippen molar-refractivity contribution in [3.05, 3.63) is 23.2 Å². The molecule has 4 heteroatoms. The second kappa shape index (κ2) is 7.36. The molecule has 0 spiro atoms. The quantitative estimate of drug-likeness (QED) is 0.572. The fourth-order valence-electron chi connectivity index (χ4n) is 1.38. The van der Waals surface area contributed by atoms with Gasteiger partial charge in [0.15, 0.2) is 0 Å². The Bertz CT molecular complexity index is 318. The van der Waals surface area contributed by atoms with Crippen molar-refractivity contribution in [2.45, 2.75) is 25.7 Å². The minimum absolute atomic E-state index is 0.266. The first-order valence-corrected chi connectivity index (χ1v) is 5.90. The number of anilines is 1. The highest BCUT2D eigenvalue weighted by Crippen LogP contribution is 2.25. The fourth-order valence-corrected chi connectivity index (χ4v) is 1.54. The molecule has 0 bridgehead atoms. The Morgan fingerprint density at radius 2 is 1.94 bits per heavy atom. The van der Waals surface area contributed by atoms with E-state index in [2.05, 4.69) is 0 Å². The molecule has 1 rings (SSSR count). The van der Waals surface area contributed by atoms with Crippen molar-refractivity contribution in [2.24, 2.45) is 0 Å². The Kier molecular flexibility index (Phi) is 6.04. The molecule has 0 aliphatic heterocycles. The van der Waals surface area contributed by atoms with Crippen LogP contribution in [0.4, 0.5) is 5.69 Å². The Labute approximate surface area is 101 Å². The molecule has 0 aromatic heterocycles. The summed E-state index contributed by atoms with van der Waals surface area (Å²) in [5.41, 5.74) is 6.35. The van der Waals surface area contributed by atoms with Gasteiger partial charge in [0.2, 0.25) is 0 Å². The van der Waals surface area contributed by atoms with Crippen LogP contribution in [-0.2, 0) is 0 Å². The summed E-state index contributed by atoms with van der Waals surface area (Å²) in [6, 6.07) is 5.21. The zero-order valence-corrected chi connectivity index (χ0v) is 10.0. The number of benzene rings is 1. The molecule has 3 nitrogen and oxygen atoms in total. The number of aliphatic hydroxyl groups is 1. The number of rotatable bonds is 7. The molecule has 1 aromatic carbocycles. The lowest BCUT2D eigenvalue weighted by atomic mass is 10.2. The predicted octanol–water partition coefficient (Wildman–Crippen LogP) is 2.85. The number of aliphatic hydroxyl groups excluding tert-OH is 1. The summed E-state index contributed by atoms with van der Waals surface area (Å²) in [5.74, 6) is 0.648. The van der Waals surface area contributed by atoms with E-state index in [1.165, 1.54) is 0 Å². The van der Waals surface area contributed by atoms with Crippen LogP contribution in [0.2, 0.25) is 5.02 Å². The van der Waals surface area contributed by atoms with E-state index in [1.807, 2.05) is 0 Å². The number of hydrogen-bond donors (Lipinski definition) is 2. The topological polar surface area (TPSA) is 55.5 Å². The van der Waals surface area contributed by atoms with Crippen LogP contribution in [0, 0.1) is 0 Å². The lowest BCUT2D eigenvalue weighted by Crippen LogP contribution is -2.00. The Hall–Kier alpha value is -0.930. The van der Waals surface area contributed by atoms with Gasteiger partial charge in [-0.05, 0) is 31.4 Å². The molecular formula is C12H18ClNO2. The van der Waals surface area contributed by atoms with E-state index in [1.54, 1.807) is 18.2 Å². The first-order valence-electron chi connectivity index (χ1n) is 5.52. The van der Waals surface area contributed by atoms with Crippen LogP contribution in [0.3, 0.4) is 0 Å². The maximum absolute atomic E-state index is 8.61. The van der Waals surface area contributed by atoms with Gasteiger partial charge in [-0.3, -0.25) is 0 Å². The van der Waals surface area contributed by atoms with E-state index in [9.17, 15) is 0 Å². The van der Waals surface area contributed by atoms with E-state index in [0.717, 1.165) is 25.7 Å². The van der Waals surface area contributed by atoms with Crippen LogP contribution in [0.1, 0.15) is 25.7 Å². The van der Waals surface area contributed by atoms with E-state index in [0.29, 0.717) is 23.1 Å². The van der Waals surface area contributed by atoms with Crippen molar-refractivity contribution >= 4 is 17.3 Å². The smallest absolute Gasteiger partial charge is 0.143 e. The maximum atomic E-state index is 8.61. The highest BCUT2D eigenvalue weighted by atomic mass is 35.5. The first-order chi connectivity index (χ1) is 7.74. The number of halogens is 1. The molecule has 0 saturated carbocycles. The molecule has 0 unspecified atom stereocenters. The predicted molar refractivity (Wildman–Crippen MR) is 66.9 cm³/mol. The van der Waals surface area contributed by atoms with Gasteiger partial charge in [0, 0.05) is 17.7 Å². The van der Waals surface area contributed by atoms with Gasteiger partial charge in [-0.2, -0.15) is 0 Å². The second-order valence-corrected chi connectivity index (χ2v) is 4.10. The number of nitrogen functional groups attached to an aromatic ring is 1. The van der Waals surface area contributed by atoms with E-state index >= 15 is 0 Å². The summed E-state index contributed by atoms with van der Waals surface area (Å²) >= 11 is 5.83. The van der Waals surface area contributed by atoms with Crippen molar-refractivity contribution in [3.8, 4) is 5.75 Å². The average Bonchev–Trinajstić information content (AvgIpc) is 2.28. The number of hydrogen-bond acceptors (Lipinski definition) is 3. The van der Waals surface area contributed by atoms with Gasteiger partial charge in [0.1, 0.15) is 5.75 Å². The van der Waals surface area contributed by atoms with Crippen molar-refractivity contribution < 1.29 is 9.84 Å². The van der Waals surface area contributed by atoms with Gasteiger partial charge in [-0.1, -0.05) is 18.0 Å². The van der Waals surface area contributed by atoms with Crippen LogP contribution in [-0.4, -0.2) is 18.3 Å². The zero-order chi connectivity index (χ0) is 11.8. The number of nitrogens with two attached hydrogens (primary N) is 1. The summed E-state index contributed by atoms with van der Waals surface area (Å²) in [5, 5.41) is 9.23. The summed E-state index contributed by atoms with van der Waals surface area (Å²) in [6.07, 6.45) is 3.91. The van der Waals surface area contributed by atoms with Crippen molar-refractivity contribution in [1.82, 2.24) is 0 Å². The molecule has 90 valence electrons. The van der Waals surface area contributed by atoms with Crippen LogP contribution in [0.25, 0.3) is 0 Å². The van der Waals surface area contributed by atoms with Gasteiger partial charge >= 0.3 is 0 Å². The zero-order valence-electron chi connectivity index (χ0n) is 9.29. The summed E-state index contributed by atoms with van der Waals surface area (Å²) in [7, 11) is 0. The number of ether oxygens (including phenoxy) is 1. The Morgan fingerprint density at radius 3 is 2.69 bits per heavy atom. The number of unbranched alkanes of at least 4 members (excludes halogenated alkanes) is 3. The van der Waals surface area contributed by atoms with Crippen molar-refractivity contribution in [3.63, 3.8) is 0 Å². The van der Waals surface area contributed by atoms with Gasteiger partial charge < -0.3 is 15.6 Å². The lowest BCUT2D eigenvalue weighted by Gasteiger charge is -2.08. The monoisotopic (exact) mass is 243 g/mol. The van der Waals surface area contributed by atoms with Gasteiger partial charge in [-0.15, -0.1) is 0 Å². The normalized spacial score (nSPS) is 10.4. The lowest BCUT2D eigenvalue weighted by molar-refractivity contribution is 0.274. The minimum Gasteiger partial charge on any atom is -0.491 e. The maximum Gasteiger partial charge on any atom is 0.143 e. The molecule has 0 aliphatic rings. The van der Waals surface area contributed by atoms with Crippen molar-refractivity contribution in [1.29, 1.82) is 0 Å². The molecule has 3 N–H and O–H groups in total. The molecule has 16 heavy (non-hydrogen) atoms. The molecule has 0 aliphatic carbocycles.